The van der Waals surface area contributed by atoms with Crippen LogP contribution in [0.2, 0.25) is 0 Å². The molecule has 0 amide bonds. The maximum Gasteiger partial charge on any atom is 0.350 e. The fourth-order valence-electron chi connectivity index (χ4n) is 2.24. The number of methoxy groups -OCH3 is 2. The Labute approximate surface area is 132 Å². The number of hydrogen-bond donors (Lipinski definition) is 0. The zero-order valence-electron chi connectivity index (χ0n) is 12.9. The molecule has 0 aromatic carbocycles. The van der Waals surface area contributed by atoms with Crippen LogP contribution in [0.4, 0.5) is 5.95 Å². The molecule has 0 radical (unpaired) electrons. The molecule has 0 saturated carbocycles. The Morgan fingerprint density at radius 3 is 2.70 bits per heavy atom. The zero-order valence-corrected chi connectivity index (χ0v) is 12.9. The molecule has 1 saturated heterocycles. The largest absolute Gasteiger partial charge is 0.467 e. The van der Waals surface area contributed by atoms with Crippen LogP contribution >= 0.6 is 0 Å². The monoisotopic (exact) mass is 323 g/mol. The van der Waals surface area contributed by atoms with Gasteiger partial charge in [-0.25, -0.2) is 4.79 Å². The molecule has 3 rings (SSSR count). The molecule has 10 heteroatoms. The van der Waals surface area contributed by atoms with Crippen molar-refractivity contribution in [2.45, 2.75) is 12.5 Å². The van der Waals surface area contributed by atoms with Crippen molar-refractivity contribution in [1.29, 1.82) is 0 Å². The Bertz CT molecular complexity index is 617. The predicted octanol–water partition coefficient (Wildman–Crippen LogP) is -0.617. The van der Waals surface area contributed by atoms with Gasteiger partial charge in [-0.2, -0.15) is 15.0 Å². The highest BCUT2D eigenvalue weighted by molar-refractivity contribution is 6.01. The van der Waals surface area contributed by atoms with E-state index in [0.717, 1.165) is 0 Å². The summed E-state index contributed by atoms with van der Waals surface area (Å²) in [6.07, 6.45) is -0.535. The van der Waals surface area contributed by atoms with Gasteiger partial charge in [-0.3, -0.25) is 0 Å². The number of aromatic nitrogens is 3. The molecule has 2 aliphatic rings. The van der Waals surface area contributed by atoms with Crippen LogP contribution in [0, 0.1) is 0 Å². The van der Waals surface area contributed by atoms with Crippen LogP contribution in [0.5, 0.6) is 6.01 Å². The molecule has 124 valence electrons. The average molecular weight is 323 g/mol. The van der Waals surface area contributed by atoms with Crippen LogP contribution in [0.25, 0.3) is 0 Å². The van der Waals surface area contributed by atoms with Crippen LogP contribution in [0.1, 0.15) is 12.2 Å². The molecule has 0 bridgehead atoms. The van der Waals surface area contributed by atoms with Gasteiger partial charge < -0.3 is 23.9 Å². The van der Waals surface area contributed by atoms with E-state index < -0.39 is 12.1 Å². The van der Waals surface area contributed by atoms with Crippen LogP contribution < -0.4 is 9.64 Å². The highest BCUT2D eigenvalue weighted by Gasteiger charge is 2.32. The summed E-state index contributed by atoms with van der Waals surface area (Å²) in [5, 5.41) is 3.88. The summed E-state index contributed by atoms with van der Waals surface area (Å²) in [7, 11) is 2.78. The number of morpholine rings is 1. The van der Waals surface area contributed by atoms with Gasteiger partial charge in [0.05, 0.1) is 27.4 Å². The van der Waals surface area contributed by atoms with E-state index in [4.69, 9.17) is 14.3 Å². The van der Waals surface area contributed by atoms with Gasteiger partial charge in [0.2, 0.25) is 12.1 Å². The lowest BCUT2D eigenvalue weighted by atomic mass is 10.2. The molecular weight excluding hydrogens is 306 g/mol. The minimum absolute atomic E-state index is 0.181. The molecule has 0 aliphatic carbocycles. The number of carbonyl (C=O) groups excluding carboxylic acids is 1. The summed E-state index contributed by atoms with van der Waals surface area (Å²) in [4.78, 5) is 31.4. The normalized spacial score (nSPS) is 20.7. The molecule has 1 fully saturated rings. The SMILES string of the molecule is COC(=O)C1CC(c2nc(OC)nc(N3CCOCC3)n2)=NO1. The van der Waals surface area contributed by atoms with Crippen molar-refractivity contribution < 1.29 is 23.8 Å². The van der Waals surface area contributed by atoms with Gasteiger partial charge in [0.25, 0.3) is 0 Å². The first kappa shape index (κ1) is 15.4. The first-order chi connectivity index (χ1) is 11.2. The molecule has 0 spiro atoms. The highest BCUT2D eigenvalue weighted by atomic mass is 16.7. The maximum atomic E-state index is 11.5. The molecule has 1 aromatic heterocycles. The average Bonchev–Trinajstić information content (AvgIpc) is 3.11. The van der Waals surface area contributed by atoms with Gasteiger partial charge >= 0.3 is 12.0 Å². The first-order valence-corrected chi connectivity index (χ1v) is 7.15. The molecular formula is C13H17N5O5. The number of nitrogens with zero attached hydrogens (tertiary/aromatic N) is 5. The third kappa shape index (κ3) is 3.31. The summed E-state index contributed by atoms with van der Waals surface area (Å²) >= 11 is 0. The molecule has 23 heavy (non-hydrogen) atoms. The second-order valence-electron chi connectivity index (χ2n) is 4.90. The van der Waals surface area contributed by atoms with Gasteiger partial charge in [0, 0.05) is 19.5 Å². The number of oxime groups is 1. The second-order valence-corrected chi connectivity index (χ2v) is 4.90. The molecule has 1 unspecified atom stereocenters. The standard InChI is InChI=1S/C13H17N5O5/c1-20-11(19)9-7-8(17-23-9)10-14-12(16-13(15-10)21-2)18-3-5-22-6-4-18/h9H,3-7H2,1-2H3. The summed E-state index contributed by atoms with van der Waals surface area (Å²) in [6, 6.07) is 0.181. The van der Waals surface area contributed by atoms with E-state index >= 15 is 0 Å². The Morgan fingerprint density at radius 1 is 1.22 bits per heavy atom. The Hall–Kier alpha value is -2.49. The number of rotatable bonds is 4. The fourth-order valence-corrected chi connectivity index (χ4v) is 2.24. The maximum absolute atomic E-state index is 11.5. The van der Waals surface area contributed by atoms with E-state index in [9.17, 15) is 4.79 Å². The number of hydrogen-bond acceptors (Lipinski definition) is 10. The van der Waals surface area contributed by atoms with Crippen molar-refractivity contribution in [2.75, 3.05) is 45.4 Å². The lowest BCUT2D eigenvalue weighted by Crippen LogP contribution is -2.37. The summed E-state index contributed by atoms with van der Waals surface area (Å²) < 4.78 is 15.1. The summed E-state index contributed by atoms with van der Waals surface area (Å²) in [5.74, 6) is 0.322. The molecule has 3 heterocycles. The number of esters is 1. The van der Waals surface area contributed by atoms with E-state index in [0.29, 0.717) is 43.8 Å². The lowest BCUT2D eigenvalue weighted by molar-refractivity contribution is -0.152. The minimum atomic E-state index is -0.774. The van der Waals surface area contributed by atoms with Gasteiger partial charge in [-0.1, -0.05) is 5.16 Å². The first-order valence-electron chi connectivity index (χ1n) is 7.15. The van der Waals surface area contributed by atoms with E-state index in [2.05, 4.69) is 24.8 Å². The Morgan fingerprint density at radius 2 is 2.00 bits per heavy atom. The van der Waals surface area contributed by atoms with Gasteiger partial charge in [0.1, 0.15) is 5.71 Å². The van der Waals surface area contributed by atoms with Gasteiger partial charge in [-0.05, 0) is 0 Å². The van der Waals surface area contributed by atoms with Crippen molar-refractivity contribution in [1.82, 2.24) is 15.0 Å². The van der Waals surface area contributed by atoms with Crippen molar-refractivity contribution in [3.05, 3.63) is 5.82 Å². The van der Waals surface area contributed by atoms with Gasteiger partial charge in [0.15, 0.2) is 5.82 Å². The molecule has 1 aromatic rings. The van der Waals surface area contributed by atoms with Crippen LogP contribution in [0.3, 0.4) is 0 Å². The van der Waals surface area contributed by atoms with E-state index in [1.807, 2.05) is 4.90 Å². The third-order valence-electron chi connectivity index (χ3n) is 3.47. The minimum Gasteiger partial charge on any atom is -0.467 e. The van der Waals surface area contributed by atoms with Crippen molar-refractivity contribution >= 4 is 17.6 Å². The summed E-state index contributed by atoms with van der Waals surface area (Å²) in [5.41, 5.74) is 0.454. The van der Waals surface area contributed by atoms with Crippen molar-refractivity contribution in [2.24, 2.45) is 5.16 Å². The zero-order chi connectivity index (χ0) is 16.2. The van der Waals surface area contributed by atoms with Crippen LogP contribution in [-0.4, -0.2) is 73.3 Å². The number of anilines is 1. The summed E-state index contributed by atoms with van der Waals surface area (Å²) in [6.45, 7) is 2.58. The van der Waals surface area contributed by atoms with Crippen LogP contribution in [0.15, 0.2) is 5.16 Å². The van der Waals surface area contributed by atoms with Crippen molar-refractivity contribution in [3.63, 3.8) is 0 Å². The predicted molar refractivity (Wildman–Crippen MR) is 77.5 cm³/mol. The lowest BCUT2D eigenvalue weighted by Gasteiger charge is -2.26. The molecule has 10 nitrogen and oxygen atoms in total. The quantitative estimate of drug-likeness (QED) is 0.670. The number of ether oxygens (including phenoxy) is 3. The molecule has 2 aliphatic heterocycles. The second kappa shape index (κ2) is 6.73. The number of carbonyl (C=O) groups is 1. The topological polar surface area (TPSA) is 108 Å². The molecule has 1 atom stereocenters. The Balaban J connectivity index is 1.83. The van der Waals surface area contributed by atoms with E-state index in [-0.39, 0.29) is 12.4 Å². The third-order valence-corrected chi connectivity index (χ3v) is 3.47. The smallest absolute Gasteiger partial charge is 0.350 e. The van der Waals surface area contributed by atoms with E-state index in [1.54, 1.807) is 0 Å². The van der Waals surface area contributed by atoms with Gasteiger partial charge in [-0.15, -0.1) is 0 Å². The molecule has 0 N–H and O–H groups in total. The van der Waals surface area contributed by atoms with Crippen molar-refractivity contribution in [3.8, 4) is 6.01 Å². The van der Waals surface area contributed by atoms with Crippen LogP contribution in [-0.2, 0) is 19.1 Å². The fraction of sp³-hybridized carbons (Fsp3) is 0.615. The van der Waals surface area contributed by atoms with E-state index in [1.165, 1.54) is 14.2 Å². The highest BCUT2D eigenvalue weighted by Crippen LogP contribution is 2.19. The Kier molecular flexibility index (Phi) is 4.51.